The number of carbonyl (C=O) groups excluding carboxylic acids is 1. The zero-order valence-corrected chi connectivity index (χ0v) is 21.3. The third-order valence-electron chi connectivity index (χ3n) is 5.60. The van der Waals surface area contributed by atoms with E-state index in [2.05, 4.69) is 22.3 Å². The van der Waals surface area contributed by atoms with Gasteiger partial charge in [0.15, 0.2) is 5.52 Å². The second-order valence-corrected chi connectivity index (χ2v) is 9.28. The van der Waals surface area contributed by atoms with Gasteiger partial charge in [-0.25, -0.2) is 9.97 Å². The summed E-state index contributed by atoms with van der Waals surface area (Å²) in [5, 5.41) is 2.85. The third-order valence-corrected chi connectivity index (χ3v) is 5.60. The average Bonchev–Trinajstić information content (AvgIpc) is 2.84. The summed E-state index contributed by atoms with van der Waals surface area (Å²) in [4.78, 5) is 38.0. The van der Waals surface area contributed by atoms with Crippen LogP contribution in [0.4, 0.5) is 0 Å². The van der Waals surface area contributed by atoms with Crippen molar-refractivity contribution in [2.24, 2.45) is 0 Å². The van der Waals surface area contributed by atoms with Gasteiger partial charge in [-0.15, -0.1) is 0 Å². The Bertz CT molecular complexity index is 1460. The minimum Gasteiger partial charge on any atom is -0.497 e. The van der Waals surface area contributed by atoms with Crippen LogP contribution < -0.4 is 15.6 Å². The molecule has 0 unspecified atom stereocenters. The molecule has 36 heavy (non-hydrogen) atoms. The summed E-state index contributed by atoms with van der Waals surface area (Å²) in [7, 11) is 5.62. The molecule has 0 atom stereocenters. The van der Waals surface area contributed by atoms with E-state index in [0.29, 0.717) is 28.3 Å². The van der Waals surface area contributed by atoms with Crippen LogP contribution in [0, 0.1) is 0 Å². The molecule has 8 nitrogen and oxygen atoms in total. The summed E-state index contributed by atoms with van der Waals surface area (Å²) in [6.07, 6.45) is 0. The van der Waals surface area contributed by atoms with Crippen LogP contribution >= 0.6 is 0 Å². The van der Waals surface area contributed by atoms with Crippen LogP contribution in [0.25, 0.3) is 33.7 Å². The Balaban J connectivity index is 1.87. The lowest BCUT2D eigenvalue weighted by molar-refractivity contribution is -0.122. The van der Waals surface area contributed by atoms with Crippen molar-refractivity contribution in [2.75, 3.05) is 21.2 Å². The lowest BCUT2D eigenvalue weighted by Crippen LogP contribution is -2.37. The zero-order valence-electron chi connectivity index (χ0n) is 21.3. The second-order valence-electron chi connectivity index (χ2n) is 9.28. The maximum Gasteiger partial charge on any atom is 0.280 e. The first-order valence-electron chi connectivity index (χ1n) is 11.8. The van der Waals surface area contributed by atoms with Crippen molar-refractivity contribution >= 4 is 16.9 Å². The summed E-state index contributed by atoms with van der Waals surface area (Å²) in [6.45, 7) is 4.38. The molecule has 0 spiro atoms. The predicted octanol–water partition coefficient (Wildman–Crippen LogP) is 3.72. The van der Waals surface area contributed by atoms with Gasteiger partial charge in [0.2, 0.25) is 5.91 Å². The van der Waals surface area contributed by atoms with Crippen molar-refractivity contribution in [3.8, 4) is 28.4 Å². The van der Waals surface area contributed by atoms with E-state index >= 15 is 0 Å². The van der Waals surface area contributed by atoms with Crippen molar-refractivity contribution in [2.45, 2.75) is 33.0 Å². The summed E-state index contributed by atoms with van der Waals surface area (Å²) in [6, 6.07) is 19.0. The smallest absolute Gasteiger partial charge is 0.280 e. The quantitative estimate of drug-likeness (QED) is 0.409. The van der Waals surface area contributed by atoms with E-state index in [1.807, 2.05) is 64.3 Å². The average molecular weight is 486 g/mol. The molecule has 0 fully saturated rings. The van der Waals surface area contributed by atoms with E-state index in [1.54, 1.807) is 19.2 Å². The highest BCUT2D eigenvalue weighted by atomic mass is 16.5. The number of fused-ring (bicyclic) bond motifs is 1. The fourth-order valence-electron chi connectivity index (χ4n) is 4.09. The molecule has 4 rings (SSSR count). The topological polar surface area (TPSA) is 89.3 Å². The highest BCUT2D eigenvalue weighted by Gasteiger charge is 2.18. The normalized spacial score (nSPS) is 11.3. The van der Waals surface area contributed by atoms with Crippen LogP contribution in [0.15, 0.2) is 65.5 Å². The number of hydrogen-bond donors (Lipinski definition) is 1. The Morgan fingerprint density at radius 1 is 1.03 bits per heavy atom. The Morgan fingerprint density at radius 2 is 1.78 bits per heavy atom. The Hall–Kier alpha value is -4.04. The second kappa shape index (κ2) is 10.7. The number of ether oxygens (including phenoxy) is 1. The third kappa shape index (κ3) is 5.60. The molecule has 4 aromatic rings. The van der Waals surface area contributed by atoms with Crippen molar-refractivity contribution in [1.29, 1.82) is 0 Å². The molecule has 1 N–H and O–H groups in total. The number of hydrogen-bond acceptors (Lipinski definition) is 6. The fourth-order valence-corrected chi connectivity index (χ4v) is 4.09. The van der Waals surface area contributed by atoms with Crippen molar-refractivity contribution in [3.05, 3.63) is 76.6 Å². The summed E-state index contributed by atoms with van der Waals surface area (Å²) < 4.78 is 6.74. The highest BCUT2D eigenvalue weighted by Crippen LogP contribution is 2.25. The molecule has 0 bridgehead atoms. The maximum absolute atomic E-state index is 13.7. The predicted molar refractivity (Wildman–Crippen MR) is 142 cm³/mol. The van der Waals surface area contributed by atoms with E-state index in [-0.39, 0.29) is 29.6 Å². The number of nitrogens with zero attached hydrogens (tertiary/aromatic N) is 4. The standard InChI is InChI=1S/C28H31N5O3/c1-18(2)29-25(34)17-33-27(21-10-7-11-22(15-21)36-5)31-24-13-12-23(30-26(24)28(33)35)20-9-6-8-19(14-20)16-32(3)4/h6-15,18H,16-17H2,1-5H3,(H,29,34). The van der Waals surface area contributed by atoms with Gasteiger partial charge in [-0.1, -0.05) is 30.3 Å². The van der Waals surface area contributed by atoms with Crippen LogP contribution in [0.1, 0.15) is 19.4 Å². The van der Waals surface area contributed by atoms with Gasteiger partial charge in [-0.3, -0.25) is 14.2 Å². The van der Waals surface area contributed by atoms with Gasteiger partial charge >= 0.3 is 0 Å². The van der Waals surface area contributed by atoms with Gasteiger partial charge in [-0.05, 0) is 63.8 Å². The minimum atomic E-state index is -0.372. The maximum atomic E-state index is 13.7. The van der Waals surface area contributed by atoms with E-state index in [1.165, 1.54) is 4.57 Å². The molecule has 2 aromatic heterocycles. The number of aromatic nitrogens is 3. The summed E-state index contributed by atoms with van der Waals surface area (Å²) >= 11 is 0. The summed E-state index contributed by atoms with van der Waals surface area (Å²) in [5.74, 6) is 0.740. The lowest BCUT2D eigenvalue weighted by atomic mass is 10.1. The molecule has 0 aliphatic rings. The molecule has 0 aliphatic carbocycles. The number of benzene rings is 2. The van der Waals surface area contributed by atoms with Gasteiger partial charge in [0.1, 0.15) is 18.1 Å². The Labute approximate surface area is 210 Å². The molecule has 8 heteroatoms. The Kier molecular flexibility index (Phi) is 7.45. The molecule has 2 aromatic carbocycles. The first kappa shape index (κ1) is 25.1. The van der Waals surface area contributed by atoms with E-state index < -0.39 is 0 Å². The number of methoxy groups -OCH3 is 1. The fraction of sp³-hybridized carbons (Fsp3) is 0.286. The minimum absolute atomic E-state index is 0.0546. The molecular weight excluding hydrogens is 454 g/mol. The molecule has 0 saturated carbocycles. The largest absolute Gasteiger partial charge is 0.497 e. The highest BCUT2D eigenvalue weighted by molar-refractivity contribution is 5.81. The summed E-state index contributed by atoms with van der Waals surface area (Å²) in [5.41, 5.74) is 3.72. The van der Waals surface area contributed by atoms with Crippen molar-refractivity contribution < 1.29 is 9.53 Å². The van der Waals surface area contributed by atoms with Crippen molar-refractivity contribution in [3.63, 3.8) is 0 Å². The van der Waals surface area contributed by atoms with Crippen LogP contribution in [0.2, 0.25) is 0 Å². The van der Waals surface area contributed by atoms with Crippen LogP contribution in [-0.4, -0.2) is 52.6 Å². The zero-order chi connectivity index (χ0) is 25.8. The number of pyridine rings is 1. The van der Waals surface area contributed by atoms with Gasteiger partial charge in [0.25, 0.3) is 5.56 Å². The van der Waals surface area contributed by atoms with Gasteiger partial charge in [0.05, 0.1) is 18.3 Å². The van der Waals surface area contributed by atoms with Gasteiger partial charge < -0.3 is 15.0 Å². The first-order valence-corrected chi connectivity index (χ1v) is 11.8. The number of nitrogens with one attached hydrogen (secondary N) is 1. The van der Waals surface area contributed by atoms with Crippen LogP contribution in [-0.2, 0) is 17.9 Å². The van der Waals surface area contributed by atoms with Crippen LogP contribution in [0.5, 0.6) is 5.75 Å². The molecule has 1 amide bonds. The molecule has 2 heterocycles. The van der Waals surface area contributed by atoms with E-state index in [9.17, 15) is 9.59 Å². The van der Waals surface area contributed by atoms with E-state index in [4.69, 9.17) is 14.7 Å². The number of carbonyl (C=O) groups is 1. The Morgan fingerprint density at radius 3 is 2.50 bits per heavy atom. The van der Waals surface area contributed by atoms with Gasteiger partial charge in [-0.2, -0.15) is 0 Å². The molecule has 0 saturated heterocycles. The molecular formula is C28H31N5O3. The monoisotopic (exact) mass is 485 g/mol. The van der Waals surface area contributed by atoms with Crippen LogP contribution in [0.3, 0.4) is 0 Å². The lowest BCUT2D eigenvalue weighted by Gasteiger charge is -2.15. The first-order chi connectivity index (χ1) is 17.2. The van der Waals surface area contributed by atoms with Gasteiger partial charge in [0, 0.05) is 23.7 Å². The van der Waals surface area contributed by atoms with Crippen molar-refractivity contribution in [1.82, 2.24) is 24.8 Å². The SMILES string of the molecule is COc1cccc(-c2nc3ccc(-c4cccc(CN(C)C)c4)nc3c(=O)n2CC(=O)NC(C)C)c1. The number of amides is 1. The molecule has 0 radical (unpaired) electrons. The molecule has 0 aliphatic heterocycles. The number of rotatable bonds is 8. The van der Waals surface area contributed by atoms with E-state index in [0.717, 1.165) is 17.7 Å². The molecule has 186 valence electrons.